The Morgan fingerprint density at radius 3 is 2.39 bits per heavy atom. The Morgan fingerprint density at radius 2 is 1.73 bits per heavy atom. The summed E-state index contributed by atoms with van der Waals surface area (Å²) in [5.41, 5.74) is 3.80. The van der Waals surface area contributed by atoms with Crippen LogP contribution < -0.4 is 10.1 Å². The summed E-state index contributed by atoms with van der Waals surface area (Å²) < 4.78 is 8.19. The van der Waals surface area contributed by atoms with E-state index in [2.05, 4.69) is 27.9 Å². The molecule has 0 spiro atoms. The van der Waals surface area contributed by atoms with E-state index in [4.69, 9.17) is 16.3 Å². The van der Waals surface area contributed by atoms with E-state index in [1.165, 1.54) is 0 Å². The molecule has 4 rings (SSSR count). The molecule has 1 aromatic heterocycles. The average Bonchev–Trinajstić information content (AvgIpc) is 3.09. The first-order valence-corrected chi connectivity index (χ1v) is 11.8. The van der Waals surface area contributed by atoms with Gasteiger partial charge < -0.3 is 10.1 Å². The number of carbonyl (C=O) groups excluding carboxylic acids is 2. The van der Waals surface area contributed by atoms with Crippen molar-refractivity contribution >= 4 is 56.9 Å². The third-order valence-corrected chi connectivity index (χ3v) is 6.55. The highest BCUT2D eigenvalue weighted by atomic mass is 127. The standard InChI is InChI=1S/C26H22ClIN2O3/c1-16-22(14-25(31)29-15-17-3-9-20(28)10-4-17)23-13-21(33-2)11-12-24(23)30(16)26(32)18-5-7-19(27)8-6-18/h3-13H,14-15H2,1-2H3,(H,29,31). The lowest BCUT2D eigenvalue weighted by Gasteiger charge is -2.09. The summed E-state index contributed by atoms with van der Waals surface area (Å²) in [5.74, 6) is 0.376. The molecule has 1 N–H and O–H groups in total. The van der Waals surface area contributed by atoms with Gasteiger partial charge in [-0.3, -0.25) is 14.2 Å². The van der Waals surface area contributed by atoms with E-state index in [-0.39, 0.29) is 18.2 Å². The molecule has 5 nitrogen and oxygen atoms in total. The SMILES string of the molecule is COc1ccc2c(c1)c(CC(=O)NCc1ccc(I)cc1)c(C)n2C(=O)c1ccc(Cl)cc1. The Bertz CT molecular complexity index is 1330. The van der Waals surface area contributed by atoms with Gasteiger partial charge in [-0.25, -0.2) is 0 Å². The Balaban J connectivity index is 1.67. The molecule has 0 bridgehead atoms. The number of fused-ring (bicyclic) bond motifs is 1. The van der Waals surface area contributed by atoms with Crippen LogP contribution in [0.5, 0.6) is 5.75 Å². The number of hydrogen-bond donors (Lipinski definition) is 1. The van der Waals surface area contributed by atoms with Gasteiger partial charge >= 0.3 is 0 Å². The molecule has 1 amide bonds. The highest BCUT2D eigenvalue weighted by Gasteiger charge is 2.22. The summed E-state index contributed by atoms with van der Waals surface area (Å²) in [6.07, 6.45) is 0.154. The van der Waals surface area contributed by atoms with Gasteiger partial charge in [0.2, 0.25) is 5.91 Å². The number of benzene rings is 3. The third kappa shape index (κ3) is 5.07. The van der Waals surface area contributed by atoms with Crippen molar-refractivity contribution in [2.24, 2.45) is 0 Å². The van der Waals surface area contributed by atoms with E-state index in [9.17, 15) is 9.59 Å². The summed E-state index contributed by atoms with van der Waals surface area (Å²) in [6.45, 7) is 2.31. The lowest BCUT2D eigenvalue weighted by Crippen LogP contribution is -2.25. The zero-order valence-electron chi connectivity index (χ0n) is 18.2. The van der Waals surface area contributed by atoms with E-state index in [1.54, 1.807) is 35.9 Å². The van der Waals surface area contributed by atoms with Gasteiger partial charge in [-0.05, 0) is 95.2 Å². The third-order valence-electron chi connectivity index (χ3n) is 5.58. The Labute approximate surface area is 210 Å². The fraction of sp³-hybridized carbons (Fsp3) is 0.154. The first-order valence-electron chi connectivity index (χ1n) is 10.4. The van der Waals surface area contributed by atoms with E-state index in [0.717, 1.165) is 31.3 Å². The second-order valence-corrected chi connectivity index (χ2v) is 9.36. The van der Waals surface area contributed by atoms with Gasteiger partial charge in [0.15, 0.2) is 0 Å². The number of ether oxygens (including phenoxy) is 1. The maximum Gasteiger partial charge on any atom is 0.262 e. The van der Waals surface area contributed by atoms with Gasteiger partial charge in [0.05, 0.1) is 19.0 Å². The Morgan fingerprint density at radius 1 is 1.03 bits per heavy atom. The zero-order valence-corrected chi connectivity index (χ0v) is 21.1. The number of halogens is 2. The monoisotopic (exact) mass is 572 g/mol. The van der Waals surface area contributed by atoms with Crippen LogP contribution in [0.3, 0.4) is 0 Å². The van der Waals surface area contributed by atoms with E-state index in [0.29, 0.717) is 22.9 Å². The summed E-state index contributed by atoms with van der Waals surface area (Å²) in [7, 11) is 1.59. The van der Waals surface area contributed by atoms with Crippen LogP contribution in [-0.4, -0.2) is 23.5 Å². The van der Waals surface area contributed by atoms with Gasteiger partial charge in [0.25, 0.3) is 5.91 Å². The molecule has 0 unspecified atom stereocenters. The lowest BCUT2D eigenvalue weighted by atomic mass is 10.1. The molecule has 0 radical (unpaired) electrons. The van der Waals surface area contributed by atoms with Crippen molar-refractivity contribution in [3.05, 3.63) is 97.7 Å². The molecule has 4 aromatic rings. The quantitative estimate of drug-likeness (QED) is 0.299. The number of hydrogen-bond acceptors (Lipinski definition) is 3. The number of rotatable bonds is 6. The molecule has 168 valence electrons. The van der Waals surface area contributed by atoms with Crippen molar-refractivity contribution in [2.75, 3.05) is 7.11 Å². The van der Waals surface area contributed by atoms with Gasteiger partial charge in [-0.1, -0.05) is 23.7 Å². The van der Waals surface area contributed by atoms with Gasteiger partial charge in [-0.15, -0.1) is 0 Å². The average molecular weight is 573 g/mol. The van der Waals surface area contributed by atoms with Crippen LogP contribution in [0.25, 0.3) is 10.9 Å². The second kappa shape index (κ2) is 9.97. The molecular weight excluding hydrogens is 551 g/mol. The molecule has 0 aliphatic carbocycles. The molecule has 0 aliphatic rings. The molecule has 0 fully saturated rings. The predicted molar refractivity (Wildman–Crippen MR) is 139 cm³/mol. The zero-order chi connectivity index (χ0) is 23.5. The highest BCUT2D eigenvalue weighted by molar-refractivity contribution is 14.1. The minimum Gasteiger partial charge on any atom is -0.497 e. The van der Waals surface area contributed by atoms with Crippen LogP contribution >= 0.6 is 34.2 Å². The number of methoxy groups -OCH3 is 1. The number of nitrogens with zero attached hydrogens (tertiary/aromatic N) is 1. The van der Waals surface area contributed by atoms with Crippen molar-refractivity contribution in [2.45, 2.75) is 19.9 Å². The fourth-order valence-corrected chi connectivity index (χ4v) is 4.31. The molecule has 0 atom stereocenters. The molecular formula is C26H22ClIN2O3. The minimum absolute atomic E-state index is 0.113. The van der Waals surface area contributed by atoms with Crippen molar-refractivity contribution < 1.29 is 14.3 Å². The van der Waals surface area contributed by atoms with E-state index < -0.39 is 0 Å². The van der Waals surface area contributed by atoms with Crippen LogP contribution in [-0.2, 0) is 17.8 Å². The molecule has 0 saturated carbocycles. The van der Waals surface area contributed by atoms with Crippen LogP contribution in [0.4, 0.5) is 0 Å². The lowest BCUT2D eigenvalue weighted by molar-refractivity contribution is -0.120. The van der Waals surface area contributed by atoms with E-state index in [1.807, 2.05) is 49.4 Å². The normalized spacial score (nSPS) is 10.9. The molecule has 0 aliphatic heterocycles. The first-order chi connectivity index (χ1) is 15.9. The van der Waals surface area contributed by atoms with Crippen LogP contribution in [0, 0.1) is 10.5 Å². The summed E-state index contributed by atoms with van der Waals surface area (Å²) in [4.78, 5) is 26.2. The summed E-state index contributed by atoms with van der Waals surface area (Å²) in [5, 5.41) is 4.37. The highest BCUT2D eigenvalue weighted by Crippen LogP contribution is 2.31. The summed E-state index contributed by atoms with van der Waals surface area (Å²) in [6, 6.07) is 20.3. The second-order valence-electron chi connectivity index (χ2n) is 7.67. The van der Waals surface area contributed by atoms with Gasteiger partial charge in [-0.2, -0.15) is 0 Å². The predicted octanol–water partition coefficient (Wildman–Crippen LogP) is 5.76. The van der Waals surface area contributed by atoms with Crippen molar-refractivity contribution in [3.63, 3.8) is 0 Å². The molecule has 33 heavy (non-hydrogen) atoms. The van der Waals surface area contributed by atoms with Gasteiger partial charge in [0.1, 0.15) is 5.75 Å². The van der Waals surface area contributed by atoms with Crippen LogP contribution in [0.1, 0.15) is 27.2 Å². The Hall–Kier alpha value is -2.84. The van der Waals surface area contributed by atoms with Crippen LogP contribution in [0.2, 0.25) is 5.02 Å². The molecule has 7 heteroatoms. The smallest absolute Gasteiger partial charge is 0.262 e. The summed E-state index contributed by atoms with van der Waals surface area (Å²) >= 11 is 8.24. The molecule has 0 saturated heterocycles. The number of amides is 1. The number of carbonyl (C=O) groups is 2. The van der Waals surface area contributed by atoms with Crippen LogP contribution in [0.15, 0.2) is 66.7 Å². The van der Waals surface area contributed by atoms with E-state index >= 15 is 0 Å². The van der Waals surface area contributed by atoms with Gasteiger partial charge in [0, 0.05) is 31.8 Å². The maximum atomic E-state index is 13.4. The Kier molecular flexibility index (Phi) is 7.05. The first kappa shape index (κ1) is 23.3. The largest absolute Gasteiger partial charge is 0.497 e. The minimum atomic E-state index is -0.176. The van der Waals surface area contributed by atoms with Crippen molar-refractivity contribution in [3.8, 4) is 5.75 Å². The number of nitrogens with one attached hydrogen (secondary N) is 1. The maximum absolute atomic E-state index is 13.4. The molecule has 1 heterocycles. The fourth-order valence-electron chi connectivity index (χ4n) is 3.82. The van der Waals surface area contributed by atoms with Crippen molar-refractivity contribution in [1.29, 1.82) is 0 Å². The molecule has 3 aromatic carbocycles. The topological polar surface area (TPSA) is 60.3 Å². The van der Waals surface area contributed by atoms with Crippen molar-refractivity contribution in [1.82, 2.24) is 9.88 Å². The number of aromatic nitrogens is 1.